The third kappa shape index (κ3) is 3.70. The van der Waals surface area contributed by atoms with Crippen molar-refractivity contribution < 1.29 is 23.7 Å². The summed E-state index contributed by atoms with van der Waals surface area (Å²) in [6.07, 6.45) is 3.10. The summed E-state index contributed by atoms with van der Waals surface area (Å²) in [6.45, 7) is -0.214. The Kier molecular flexibility index (Phi) is 5.89. The Morgan fingerprint density at radius 3 is 2.47 bits per heavy atom. The Hall–Kier alpha value is -3.75. The van der Waals surface area contributed by atoms with E-state index in [0.29, 0.717) is 33.8 Å². The summed E-state index contributed by atoms with van der Waals surface area (Å²) >= 11 is 0. The lowest BCUT2D eigenvalue weighted by Crippen LogP contribution is -2.35. The maximum atomic E-state index is 13.1. The zero-order valence-corrected chi connectivity index (χ0v) is 18.4. The van der Waals surface area contributed by atoms with E-state index in [2.05, 4.69) is 10.4 Å². The first kappa shape index (κ1) is 21.5. The zero-order chi connectivity index (χ0) is 22.8. The lowest BCUT2D eigenvalue weighted by atomic mass is 10.1. The molecule has 1 unspecified atom stereocenters. The van der Waals surface area contributed by atoms with Crippen LogP contribution in [0.1, 0.15) is 23.6 Å². The van der Waals surface area contributed by atoms with E-state index in [1.807, 2.05) is 12.1 Å². The Balaban J connectivity index is 1.59. The third-order valence-electron chi connectivity index (χ3n) is 5.71. The smallest absolute Gasteiger partial charge is 0.279 e. The number of ether oxygens (including phenoxy) is 4. The molecular weight excluding hydrogens is 414 g/mol. The number of hydrogen-bond acceptors (Lipinski definition) is 7. The number of nitrogens with zero attached hydrogens (tertiary/aromatic N) is 2. The van der Waals surface area contributed by atoms with Crippen LogP contribution in [-0.2, 0) is 17.8 Å². The van der Waals surface area contributed by atoms with Crippen LogP contribution in [-0.4, -0.2) is 44.1 Å². The molecule has 0 saturated heterocycles. The number of hydrogen-bond donors (Lipinski definition) is 1. The van der Waals surface area contributed by atoms with Gasteiger partial charge < -0.3 is 24.3 Å². The number of benzene rings is 2. The molecule has 0 fully saturated rings. The largest absolute Gasteiger partial charge is 0.493 e. The summed E-state index contributed by atoms with van der Waals surface area (Å²) in [5, 5.41) is 8.09. The highest BCUT2D eigenvalue weighted by molar-refractivity contribution is 5.89. The number of aromatic nitrogens is 2. The molecule has 1 amide bonds. The van der Waals surface area contributed by atoms with E-state index >= 15 is 0 Å². The molecule has 0 radical (unpaired) electrons. The van der Waals surface area contributed by atoms with Crippen molar-refractivity contribution in [1.29, 1.82) is 0 Å². The van der Waals surface area contributed by atoms with Crippen molar-refractivity contribution in [2.45, 2.75) is 25.4 Å². The van der Waals surface area contributed by atoms with Crippen LogP contribution < -0.4 is 29.8 Å². The molecule has 168 valence electrons. The van der Waals surface area contributed by atoms with Crippen molar-refractivity contribution in [2.24, 2.45) is 0 Å². The van der Waals surface area contributed by atoms with Crippen LogP contribution in [0.15, 0.2) is 35.3 Å². The molecule has 0 saturated carbocycles. The molecule has 32 heavy (non-hydrogen) atoms. The molecule has 1 aromatic heterocycles. The molecule has 0 spiro atoms. The second-order valence-electron chi connectivity index (χ2n) is 7.44. The number of methoxy groups -OCH3 is 4. The van der Waals surface area contributed by atoms with Crippen molar-refractivity contribution in [3.05, 3.63) is 51.9 Å². The van der Waals surface area contributed by atoms with E-state index in [1.54, 1.807) is 26.4 Å². The fourth-order valence-electron chi connectivity index (χ4n) is 4.16. The molecule has 9 heteroatoms. The van der Waals surface area contributed by atoms with Crippen LogP contribution in [0.3, 0.4) is 0 Å². The van der Waals surface area contributed by atoms with Gasteiger partial charge in [-0.3, -0.25) is 9.59 Å². The molecule has 1 heterocycles. The van der Waals surface area contributed by atoms with Gasteiger partial charge in [-0.15, -0.1) is 0 Å². The quantitative estimate of drug-likeness (QED) is 0.602. The monoisotopic (exact) mass is 439 g/mol. The second kappa shape index (κ2) is 8.78. The Bertz CT molecular complexity index is 1240. The van der Waals surface area contributed by atoms with Crippen LogP contribution in [0, 0.1) is 0 Å². The van der Waals surface area contributed by atoms with Crippen LogP contribution >= 0.6 is 0 Å². The minimum Gasteiger partial charge on any atom is -0.493 e. The molecule has 4 rings (SSSR count). The molecule has 9 nitrogen and oxygen atoms in total. The van der Waals surface area contributed by atoms with Crippen molar-refractivity contribution >= 4 is 16.7 Å². The summed E-state index contributed by atoms with van der Waals surface area (Å²) in [5.74, 6) is 1.72. The van der Waals surface area contributed by atoms with Gasteiger partial charge in [0, 0.05) is 5.39 Å². The molecule has 3 aromatic rings. The van der Waals surface area contributed by atoms with Crippen LogP contribution in [0.2, 0.25) is 0 Å². The highest BCUT2D eigenvalue weighted by Crippen LogP contribution is 2.39. The highest BCUT2D eigenvalue weighted by Gasteiger charge is 2.27. The lowest BCUT2D eigenvalue weighted by molar-refractivity contribution is -0.122. The SMILES string of the molecule is COc1cc2c(cc1OC)C(NC(=O)Cn1ncc3ccc(OC)c(OC)c3c1=O)CC2. The minimum absolute atomic E-state index is 0.178. The number of nitrogens with one attached hydrogen (secondary N) is 1. The Labute approximate surface area is 184 Å². The summed E-state index contributed by atoms with van der Waals surface area (Å²) in [7, 11) is 6.14. The lowest BCUT2D eigenvalue weighted by Gasteiger charge is -2.17. The predicted octanol–water partition coefficient (Wildman–Crippen LogP) is 2.23. The van der Waals surface area contributed by atoms with Crippen molar-refractivity contribution in [3.63, 3.8) is 0 Å². The number of amides is 1. The van der Waals surface area contributed by atoms with Crippen molar-refractivity contribution in [3.8, 4) is 23.0 Å². The van der Waals surface area contributed by atoms with Crippen molar-refractivity contribution in [2.75, 3.05) is 28.4 Å². The third-order valence-corrected chi connectivity index (χ3v) is 5.71. The van der Waals surface area contributed by atoms with E-state index in [4.69, 9.17) is 18.9 Å². The molecule has 1 aliphatic rings. The van der Waals surface area contributed by atoms with Crippen LogP contribution in [0.25, 0.3) is 10.8 Å². The van der Waals surface area contributed by atoms with Gasteiger partial charge in [-0.2, -0.15) is 5.10 Å². The van der Waals surface area contributed by atoms with Gasteiger partial charge in [-0.25, -0.2) is 4.68 Å². The van der Waals surface area contributed by atoms with E-state index < -0.39 is 5.56 Å². The van der Waals surface area contributed by atoms with Gasteiger partial charge in [0.25, 0.3) is 5.56 Å². The normalized spacial score (nSPS) is 14.7. The molecular formula is C23H25N3O6. The van der Waals surface area contributed by atoms with E-state index in [0.717, 1.165) is 28.7 Å². The van der Waals surface area contributed by atoms with E-state index in [9.17, 15) is 9.59 Å². The van der Waals surface area contributed by atoms with Gasteiger partial charge >= 0.3 is 0 Å². The fourth-order valence-corrected chi connectivity index (χ4v) is 4.16. The number of rotatable bonds is 7. The molecule has 1 aliphatic carbocycles. The standard InChI is InChI=1S/C23H25N3O6/c1-29-17-8-6-14-11-24-26(23(28)21(14)22(17)32-4)12-20(27)25-16-7-5-13-9-18(30-2)19(31-3)10-15(13)16/h6,8-11,16H,5,7,12H2,1-4H3,(H,25,27). The van der Waals surface area contributed by atoms with E-state index in [-0.39, 0.29) is 18.5 Å². The molecule has 1 atom stereocenters. The highest BCUT2D eigenvalue weighted by atomic mass is 16.5. The molecule has 0 aliphatic heterocycles. The second-order valence-corrected chi connectivity index (χ2v) is 7.44. The van der Waals surface area contributed by atoms with Gasteiger partial charge in [-0.1, -0.05) is 0 Å². The average Bonchev–Trinajstić information content (AvgIpc) is 3.20. The number of carbonyl (C=O) groups is 1. The topological polar surface area (TPSA) is 101 Å². The Morgan fingerprint density at radius 1 is 1.06 bits per heavy atom. The van der Waals surface area contributed by atoms with Crippen LogP contribution in [0.4, 0.5) is 0 Å². The van der Waals surface area contributed by atoms with Gasteiger partial charge in [0.15, 0.2) is 23.0 Å². The minimum atomic E-state index is -0.424. The summed E-state index contributed by atoms with van der Waals surface area (Å²) < 4.78 is 22.6. The van der Waals surface area contributed by atoms with Gasteiger partial charge in [0.1, 0.15) is 6.54 Å². The van der Waals surface area contributed by atoms with Gasteiger partial charge in [0.05, 0.1) is 46.1 Å². The first-order valence-electron chi connectivity index (χ1n) is 10.2. The maximum absolute atomic E-state index is 13.1. The molecule has 1 N–H and O–H groups in total. The van der Waals surface area contributed by atoms with Crippen LogP contribution in [0.5, 0.6) is 23.0 Å². The summed E-state index contributed by atoms with van der Waals surface area (Å²) in [6, 6.07) is 7.09. The van der Waals surface area contributed by atoms with E-state index in [1.165, 1.54) is 20.4 Å². The number of fused-ring (bicyclic) bond motifs is 2. The fraction of sp³-hybridized carbons (Fsp3) is 0.348. The Morgan fingerprint density at radius 2 is 1.78 bits per heavy atom. The average molecular weight is 439 g/mol. The first-order chi connectivity index (χ1) is 15.5. The number of aryl methyl sites for hydroxylation is 1. The molecule has 0 bridgehead atoms. The summed E-state index contributed by atoms with van der Waals surface area (Å²) in [4.78, 5) is 25.9. The van der Waals surface area contributed by atoms with Gasteiger partial charge in [-0.05, 0) is 48.2 Å². The van der Waals surface area contributed by atoms with Gasteiger partial charge in [0.2, 0.25) is 5.91 Å². The predicted molar refractivity (Wildman–Crippen MR) is 118 cm³/mol. The zero-order valence-electron chi connectivity index (χ0n) is 18.4. The maximum Gasteiger partial charge on any atom is 0.279 e. The number of carbonyl (C=O) groups excluding carboxylic acids is 1. The molecule has 2 aromatic carbocycles. The summed E-state index contributed by atoms with van der Waals surface area (Å²) in [5.41, 5.74) is 1.67. The first-order valence-corrected chi connectivity index (χ1v) is 10.2. The van der Waals surface area contributed by atoms with Crippen molar-refractivity contribution in [1.82, 2.24) is 15.1 Å².